The van der Waals surface area contributed by atoms with Crippen molar-refractivity contribution in [1.82, 2.24) is 26.2 Å². The molecule has 1 aliphatic heterocycles. The van der Waals surface area contributed by atoms with E-state index in [1.807, 2.05) is 0 Å². The highest BCUT2D eigenvalue weighted by molar-refractivity contribution is 6.08. The molecule has 0 saturated heterocycles. The van der Waals surface area contributed by atoms with E-state index >= 15 is 0 Å². The van der Waals surface area contributed by atoms with Crippen molar-refractivity contribution in [3.8, 4) is 0 Å². The normalized spacial score (nSPS) is 17.9. The van der Waals surface area contributed by atoms with Gasteiger partial charge in [-0.1, -0.05) is 0 Å². The van der Waals surface area contributed by atoms with Crippen LogP contribution in [0.1, 0.15) is 25.7 Å². The molecule has 2 rings (SSSR count). The second-order valence-electron chi connectivity index (χ2n) is 6.85. The van der Waals surface area contributed by atoms with Gasteiger partial charge in [-0.05, 0) is 32.4 Å². The van der Waals surface area contributed by atoms with Gasteiger partial charge in [-0.15, -0.1) is 24.8 Å². The van der Waals surface area contributed by atoms with E-state index in [0.717, 1.165) is 38.9 Å². The number of nitrogens with one attached hydrogen (secondary N) is 4. The zero-order valence-corrected chi connectivity index (χ0v) is 18.4. The largest absolute Gasteiger partial charge is 0.332 e. The Hall–Kier alpha value is -1.46. The molecule has 0 aromatic carbocycles. The smallest absolute Gasteiger partial charge is 0.251 e. The lowest BCUT2D eigenvalue weighted by Gasteiger charge is -2.29. The van der Waals surface area contributed by atoms with Crippen LogP contribution >= 0.6 is 24.8 Å². The highest BCUT2D eigenvalue weighted by Crippen LogP contribution is 2.28. The fourth-order valence-electron chi connectivity index (χ4n) is 2.67. The van der Waals surface area contributed by atoms with Gasteiger partial charge in [0.15, 0.2) is 0 Å². The molecule has 0 radical (unpaired) electrons. The summed E-state index contributed by atoms with van der Waals surface area (Å²) in [6.07, 6.45) is 3.03. The molecule has 29 heavy (non-hydrogen) atoms. The Morgan fingerprint density at radius 1 is 1.17 bits per heavy atom. The molecular formula is C17H33Cl2N7O3. The van der Waals surface area contributed by atoms with Crippen LogP contribution in [-0.2, 0) is 14.4 Å². The summed E-state index contributed by atoms with van der Waals surface area (Å²) in [4.78, 5) is 41.9. The average molecular weight is 454 g/mol. The molecule has 0 bridgehead atoms. The highest BCUT2D eigenvalue weighted by atomic mass is 35.5. The molecule has 2 aliphatic rings. The number of rotatable bonds is 11. The van der Waals surface area contributed by atoms with E-state index in [4.69, 9.17) is 5.73 Å². The van der Waals surface area contributed by atoms with Crippen molar-refractivity contribution in [1.29, 1.82) is 0 Å². The third-order valence-electron chi connectivity index (χ3n) is 4.56. The van der Waals surface area contributed by atoms with Gasteiger partial charge in [0.05, 0.1) is 6.54 Å². The van der Waals surface area contributed by atoms with E-state index in [1.165, 1.54) is 4.90 Å². The van der Waals surface area contributed by atoms with Crippen molar-refractivity contribution in [3.63, 3.8) is 0 Å². The monoisotopic (exact) mass is 453 g/mol. The SMILES string of the molecule is CN(C(=O)CCNCCCNCCN)C1CN=C(NC(=O)C2CC2)NC1=O.Cl.Cl. The van der Waals surface area contributed by atoms with Crippen LogP contribution in [0, 0.1) is 5.92 Å². The van der Waals surface area contributed by atoms with E-state index in [1.54, 1.807) is 7.05 Å². The molecule has 168 valence electrons. The Balaban J connectivity index is 0.00000392. The third-order valence-corrected chi connectivity index (χ3v) is 4.56. The number of carbonyl (C=O) groups excluding carboxylic acids is 3. The van der Waals surface area contributed by atoms with Gasteiger partial charge in [0, 0.05) is 39.0 Å². The maximum Gasteiger partial charge on any atom is 0.251 e. The van der Waals surface area contributed by atoms with Crippen molar-refractivity contribution in [2.75, 3.05) is 46.3 Å². The molecule has 6 N–H and O–H groups in total. The van der Waals surface area contributed by atoms with Crippen LogP contribution in [0.25, 0.3) is 0 Å². The summed E-state index contributed by atoms with van der Waals surface area (Å²) in [5, 5.41) is 11.6. The van der Waals surface area contributed by atoms with Crippen molar-refractivity contribution < 1.29 is 14.4 Å². The van der Waals surface area contributed by atoms with Crippen LogP contribution in [-0.4, -0.2) is 80.9 Å². The number of carbonyl (C=O) groups is 3. The van der Waals surface area contributed by atoms with E-state index in [2.05, 4.69) is 26.3 Å². The second-order valence-corrected chi connectivity index (χ2v) is 6.85. The lowest BCUT2D eigenvalue weighted by molar-refractivity contribution is -0.138. The number of amides is 3. The predicted octanol–water partition coefficient (Wildman–Crippen LogP) is -1.41. The molecule has 3 amide bonds. The maximum atomic E-state index is 12.3. The fourth-order valence-corrected chi connectivity index (χ4v) is 2.67. The number of hydrogen-bond acceptors (Lipinski definition) is 7. The van der Waals surface area contributed by atoms with Crippen LogP contribution < -0.4 is 27.0 Å². The number of hydrogen-bond donors (Lipinski definition) is 5. The van der Waals surface area contributed by atoms with E-state index in [0.29, 0.717) is 19.5 Å². The number of halogens is 2. The Kier molecular flexibility index (Phi) is 13.8. The molecule has 0 aromatic rings. The highest BCUT2D eigenvalue weighted by Gasteiger charge is 2.34. The summed E-state index contributed by atoms with van der Waals surface area (Å²) < 4.78 is 0. The lowest BCUT2D eigenvalue weighted by atomic mass is 10.2. The first-order valence-corrected chi connectivity index (χ1v) is 9.56. The zero-order chi connectivity index (χ0) is 19.6. The molecule has 12 heteroatoms. The van der Waals surface area contributed by atoms with Gasteiger partial charge >= 0.3 is 0 Å². The number of likely N-dealkylation sites (N-methyl/N-ethyl adjacent to an activating group) is 1. The van der Waals surface area contributed by atoms with Gasteiger partial charge in [-0.25, -0.2) is 4.99 Å². The molecule has 0 spiro atoms. The van der Waals surface area contributed by atoms with Gasteiger partial charge in [0.1, 0.15) is 6.04 Å². The Morgan fingerprint density at radius 3 is 2.41 bits per heavy atom. The standard InChI is InChI=1S/C17H31N7O3.2ClH/c1-24(14(25)5-9-19-7-2-8-20-10-6-18)13-11-21-17(23-16(13)27)22-15(26)12-3-4-12;;/h12-13,19-20H,2-11,18H2,1H3,(H2,21,22,23,26,27);2*1H. The van der Waals surface area contributed by atoms with Gasteiger partial charge < -0.3 is 21.3 Å². The Labute approximate surface area is 184 Å². The number of guanidine groups is 1. The summed E-state index contributed by atoms with van der Waals surface area (Å²) in [5.74, 6) is -0.342. The molecular weight excluding hydrogens is 421 g/mol. The molecule has 0 aromatic heterocycles. The molecule has 10 nitrogen and oxygen atoms in total. The lowest BCUT2D eigenvalue weighted by Crippen LogP contribution is -2.57. The zero-order valence-electron chi connectivity index (χ0n) is 16.7. The number of nitrogens with zero attached hydrogens (tertiary/aromatic N) is 2. The first-order chi connectivity index (χ1) is 13.0. The summed E-state index contributed by atoms with van der Waals surface area (Å²) in [5.41, 5.74) is 5.39. The first-order valence-electron chi connectivity index (χ1n) is 9.56. The molecule has 1 unspecified atom stereocenters. The van der Waals surface area contributed by atoms with E-state index < -0.39 is 6.04 Å². The minimum Gasteiger partial charge on any atom is -0.332 e. The van der Waals surface area contributed by atoms with Crippen LogP contribution in [0.15, 0.2) is 4.99 Å². The van der Waals surface area contributed by atoms with Gasteiger partial charge in [-0.2, -0.15) is 0 Å². The van der Waals surface area contributed by atoms with E-state index in [9.17, 15) is 14.4 Å². The molecule has 1 aliphatic carbocycles. The Morgan fingerprint density at radius 2 is 1.83 bits per heavy atom. The quantitative estimate of drug-likeness (QED) is 0.243. The van der Waals surface area contributed by atoms with Crippen molar-refractivity contribution in [2.24, 2.45) is 16.6 Å². The maximum absolute atomic E-state index is 12.3. The summed E-state index contributed by atoms with van der Waals surface area (Å²) in [6.45, 7) is 3.84. The molecule has 1 saturated carbocycles. The van der Waals surface area contributed by atoms with Crippen molar-refractivity contribution in [3.05, 3.63) is 0 Å². The third kappa shape index (κ3) is 9.72. The molecule has 1 fully saturated rings. The predicted molar refractivity (Wildman–Crippen MR) is 116 cm³/mol. The van der Waals surface area contributed by atoms with Crippen LogP contribution in [0.3, 0.4) is 0 Å². The van der Waals surface area contributed by atoms with E-state index in [-0.39, 0.29) is 61.0 Å². The summed E-state index contributed by atoms with van der Waals surface area (Å²) in [7, 11) is 1.60. The van der Waals surface area contributed by atoms with Gasteiger partial charge in [-0.3, -0.25) is 25.0 Å². The van der Waals surface area contributed by atoms with Gasteiger partial charge in [0.25, 0.3) is 5.91 Å². The summed E-state index contributed by atoms with van der Waals surface area (Å²) in [6, 6.07) is -0.653. The van der Waals surface area contributed by atoms with Crippen molar-refractivity contribution >= 4 is 48.5 Å². The molecule has 1 atom stereocenters. The minimum absolute atomic E-state index is 0. The molecule has 1 heterocycles. The van der Waals surface area contributed by atoms with Crippen LogP contribution in [0.5, 0.6) is 0 Å². The summed E-state index contributed by atoms with van der Waals surface area (Å²) >= 11 is 0. The number of aliphatic imine (C=N–C) groups is 1. The minimum atomic E-state index is -0.653. The van der Waals surface area contributed by atoms with Crippen molar-refractivity contribution in [2.45, 2.75) is 31.7 Å². The van der Waals surface area contributed by atoms with Crippen LogP contribution in [0.4, 0.5) is 0 Å². The fraction of sp³-hybridized carbons (Fsp3) is 0.765. The second kappa shape index (κ2) is 14.5. The number of nitrogens with two attached hydrogens (primary N) is 1. The van der Waals surface area contributed by atoms with Crippen LogP contribution in [0.2, 0.25) is 0 Å². The Bertz CT molecular complexity index is 573. The average Bonchev–Trinajstić information content (AvgIpc) is 3.48. The first kappa shape index (κ1) is 27.5. The van der Waals surface area contributed by atoms with Gasteiger partial charge in [0.2, 0.25) is 17.8 Å². The topological polar surface area (TPSA) is 141 Å².